The van der Waals surface area contributed by atoms with Gasteiger partial charge in [0.2, 0.25) is 21.9 Å². The van der Waals surface area contributed by atoms with Crippen molar-refractivity contribution in [2.75, 3.05) is 29.0 Å². The van der Waals surface area contributed by atoms with E-state index in [4.69, 9.17) is 14.5 Å². The lowest BCUT2D eigenvalue weighted by molar-refractivity contribution is -0.137. The Hall–Kier alpha value is -5.51. The fourth-order valence-corrected chi connectivity index (χ4v) is 7.29. The molecule has 0 radical (unpaired) electrons. The van der Waals surface area contributed by atoms with Crippen LogP contribution in [0.4, 0.5) is 39.7 Å². The highest BCUT2D eigenvalue weighted by atomic mass is 32.2. The maximum Gasteiger partial charge on any atom is 0.418 e. The molecular formula is C38H38F4N6O5S. The molecule has 0 saturated carbocycles. The van der Waals surface area contributed by atoms with Crippen molar-refractivity contribution >= 4 is 44.2 Å². The van der Waals surface area contributed by atoms with Crippen LogP contribution in [0.25, 0.3) is 22.0 Å². The van der Waals surface area contributed by atoms with E-state index in [1.54, 1.807) is 42.3 Å². The number of amides is 1. The Balaban J connectivity index is 1.36. The number of aromatic nitrogens is 3. The number of hydrogen-bond donors (Lipinski definition) is 1. The molecule has 3 heterocycles. The van der Waals surface area contributed by atoms with E-state index in [0.29, 0.717) is 46.4 Å². The molecule has 5 aromatic rings. The third-order valence-corrected chi connectivity index (χ3v) is 9.58. The number of aryl methyl sites for hydroxylation is 1. The van der Waals surface area contributed by atoms with Gasteiger partial charge in [-0.05, 0) is 88.6 Å². The van der Waals surface area contributed by atoms with Crippen molar-refractivity contribution in [1.82, 2.24) is 19.9 Å². The van der Waals surface area contributed by atoms with Crippen LogP contribution in [0, 0.1) is 12.7 Å². The van der Waals surface area contributed by atoms with Gasteiger partial charge in [-0.1, -0.05) is 24.3 Å². The number of hydrogen-bond acceptors (Lipinski definition) is 9. The average Bonchev–Trinajstić information content (AvgIpc) is 3.09. The molecule has 1 aliphatic heterocycles. The highest BCUT2D eigenvalue weighted by molar-refractivity contribution is 7.92. The summed E-state index contributed by atoms with van der Waals surface area (Å²) in [6.45, 7) is 8.12. The molecule has 0 spiro atoms. The average molecular weight is 767 g/mol. The first-order valence-electron chi connectivity index (χ1n) is 17.0. The van der Waals surface area contributed by atoms with E-state index in [1.165, 1.54) is 24.4 Å². The molecule has 3 aromatic carbocycles. The van der Waals surface area contributed by atoms with Crippen LogP contribution < -0.4 is 14.4 Å². The summed E-state index contributed by atoms with van der Waals surface area (Å²) in [6, 6.07) is 14.3. The molecule has 1 fully saturated rings. The van der Waals surface area contributed by atoms with Gasteiger partial charge in [0.15, 0.2) is 0 Å². The van der Waals surface area contributed by atoms with Crippen molar-refractivity contribution < 1.29 is 40.2 Å². The zero-order valence-corrected chi connectivity index (χ0v) is 30.9. The third kappa shape index (κ3) is 8.33. The van der Waals surface area contributed by atoms with Crippen LogP contribution >= 0.6 is 0 Å². The SMILES string of the molecule is Cc1ccc2c(N(c3ccccc3C(F)(F)F)S(C)(=O)=O)c(F)ccc2c1Oc1ncccc1-c1ccnc(NC2CCCN(C(=O)OC(C)(C)C)C2)n1. The van der Waals surface area contributed by atoms with E-state index in [9.17, 15) is 26.4 Å². The van der Waals surface area contributed by atoms with Crippen LogP contribution in [0.3, 0.4) is 0 Å². The zero-order valence-electron chi connectivity index (χ0n) is 30.1. The molecule has 0 aliphatic carbocycles. The summed E-state index contributed by atoms with van der Waals surface area (Å²) in [5.41, 5.74) is -1.79. The van der Waals surface area contributed by atoms with Gasteiger partial charge < -0.3 is 19.7 Å². The summed E-state index contributed by atoms with van der Waals surface area (Å²) in [6.07, 6.45) is -0.0346. The first-order valence-corrected chi connectivity index (χ1v) is 18.8. The van der Waals surface area contributed by atoms with Crippen molar-refractivity contribution in [2.24, 2.45) is 0 Å². The van der Waals surface area contributed by atoms with Crippen LogP contribution in [-0.4, -0.2) is 65.4 Å². The molecule has 1 atom stereocenters. The smallest absolute Gasteiger partial charge is 0.418 e. The number of rotatable bonds is 8. The highest BCUT2D eigenvalue weighted by Gasteiger charge is 2.38. The number of carbonyl (C=O) groups is 1. The van der Waals surface area contributed by atoms with Crippen molar-refractivity contribution in [3.8, 4) is 22.9 Å². The summed E-state index contributed by atoms with van der Waals surface area (Å²) in [4.78, 5) is 27.9. The predicted molar refractivity (Wildman–Crippen MR) is 197 cm³/mol. The number of pyridine rings is 1. The standard InChI is InChI=1S/C38H38F4N6O5S/c1-23-14-15-25-26(16-17-29(39)32(25)48(54(5,50)51)31-13-7-6-12-28(31)38(40,41)42)33(23)52-34-27(11-8-19-43-34)30-18-20-44-35(46-30)45-24-10-9-21-47(22-24)36(49)53-37(2,3)4/h6-8,11-20,24H,9-10,21-22H2,1-5H3,(H,44,45,46). The predicted octanol–water partition coefficient (Wildman–Crippen LogP) is 8.86. The molecule has 284 valence electrons. The second kappa shape index (κ2) is 14.7. The fraction of sp³-hybridized carbons (Fsp3) is 0.316. The van der Waals surface area contributed by atoms with Crippen LogP contribution in [0.2, 0.25) is 0 Å². The van der Waals surface area contributed by atoms with Gasteiger partial charge in [-0.3, -0.25) is 0 Å². The van der Waals surface area contributed by atoms with Crippen LogP contribution in [0.15, 0.2) is 79.1 Å². The number of fused-ring (bicyclic) bond motifs is 1. The molecule has 1 unspecified atom stereocenters. The number of benzene rings is 3. The van der Waals surface area contributed by atoms with Gasteiger partial charge >= 0.3 is 12.3 Å². The van der Waals surface area contributed by atoms with Gasteiger partial charge in [0.25, 0.3) is 0 Å². The Morgan fingerprint density at radius 3 is 2.43 bits per heavy atom. The number of carbonyl (C=O) groups excluding carboxylic acids is 1. The van der Waals surface area contributed by atoms with E-state index in [-0.39, 0.29) is 28.4 Å². The van der Waals surface area contributed by atoms with Gasteiger partial charge in [0, 0.05) is 42.3 Å². The Labute approximate surface area is 310 Å². The molecule has 1 saturated heterocycles. The first-order chi connectivity index (χ1) is 25.4. The van der Waals surface area contributed by atoms with Gasteiger partial charge in [-0.2, -0.15) is 13.2 Å². The maximum atomic E-state index is 15.8. The Bertz CT molecular complexity index is 2320. The van der Waals surface area contributed by atoms with Crippen LogP contribution in [0.1, 0.15) is 44.7 Å². The second-order valence-corrected chi connectivity index (χ2v) is 15.7. The van der Waals surface area contributed by atoms with Crippen LogP contribution in [0.5, 0.6) is 11.6 Å². The molecule has 0 bridgehead atoms. The number of nitrogens with one attached hydrogen (secondary N) is 1. The maximum absolute atomic E-state index is 15.8. The van der Waals surface area contributed by atoms with Crippen molar-refractivity contribution in [3.05, 3.63) is 96.1 Å². The molecule has 1 N–H and O–H groups in total. The fourth-order valence-electron chi connectivity index (χ4n) is 6.25. The van der Waals surface area contributed by atoms with Crippen molar-refractivity contribution in [1.29, 1.82) is 0 Å². The van der Waals surface area contributed by atoms with Gasteiger partial charge in [0.05, 0.1) is 28.8 Å². The number of anilines is 3. The molecule has 16 heteroatoms. The van der Waals surface area contributed by atoms with Crippen molar-refractivity contribution in [2.45, 2.75) is 58.4 Å². The number of piperidine rings is 1. The lowest BCUT2D eigenvalue weighted by Crippen LogP contribution is -2.47. The molecule has 11 nitrogen and oxygen atoms in total. The van der Waals surface area contributed by atoms with Crippen molar-refractivity contribution in [3.63, 3.8) is 0 Å². The van der Waals surface area contributed by atoms with E-state index in [2.05, 4.69) is 15.3 Å². The number of alkyl halides is 3. The number of para-hydroxylation sites is 1. The number of ether oxygens (including phenoxy) is 2. The lowest BCUT2D eigenvalue weighted by atomic mass is 10.0. The molecule has 1 aliphatic rings. The number of likely N-dealkylation sites (tertiary alicyclic amines) is 1. The second-order valence-electron chi connectivity index (χ2n) is 13.9. The topological polar surface area (TPSA) is 127 Å². The monoisotopic (exact) mass is 766 g/mol. The number of halogens is 4. The highest BCUT2D eigenvalue weighted by Crippen LogP contribution is 2.46. The lowest BCUT2D eigenvalue weighted by Gasteiger charge is -2.34. The summed E-state index contributed by atoms with van der Waals surface area (Å²) >= 11 is 0. The minimum Gasteiger partial charge on any atom is -0.444 e. The van der Waals surface area contributed by atoms with Gasteiger partial charge in [0.1, 0.15) is 22.9 Å². The Morgan fingerprint density at radius 2 is 1.70 bits per heavy atom. The first kappa shape index (κ1) is 38.2. The number of sulfonamides is 1. The van der Waals surface area contributed by atoms with E-state index < -0.39 is 50.6 Å². The normalized spacial score (nSPS) is 15.2. The molecule has 1 amide bonds. The van der Waals surface area contributed by atoms with Gasteiger partial charge in [-0.15, -0.1) is 0 Å². The molecule has 6 rings (SSSR count). The molecule has 2 aromatic heterocycles. The minimum atomic E-state index is -4.94. The molecular weight excluding hydrogens is 729 g/mol. The zero-order chi connectivity index (χ0) is 39.0. The summed E-state index contributed by atoms with van der Waals surface area (Å²) < 4.78 is 96.9. The van der Waals surface area contributed by atoms with Crippen LogP contribution in [-0.2, 0) is 20.9 Å². The van der Waals surface area contributed by atoms with E-state index in [1.807, 2.05) is 20.8 Å². The van der Waals surface area contributed by atoms with E-state index >= 15 is 4.39 Å². The molecule has 54 heavy (non-hydrogen) atoms. The minimum absolute atomic E-state index is 0.0167. The largest absolute Gasteiger partial charge is 0.444 e. The summed E-state index contributed by atoms with van der Waals surface area (Å²) in [7, 11) is -4.53. The summed E-state index contributed by atoms with van der Waals surface area (Å²) in [5, 5.41) is 3.51. The quantitative estimate of drug-likeness (QED) is 0.154. The third-order valence-electron chi connectivity index (χ3n) is 8.54. The summed E-state index contributed by atoms with van der Waals surface area (Å²) in [5.74, 6) is -0.492. The number of nitrogens with zero attached hydrogens (tertiary/aromatic N) is 5. The Kier molecular flexibility index (Phi) is 10.4. The Morgan fingerprint density at radius 1 is 0.963 bits per heavy atom. The van der Waals surface area contributed by atoms with Gasteiger partial charge in [-0.25, -0.2) is 36.9 Å². The van der Waals surface area contributed by atoms with E-state index in [0.717, 1.165) is 37.1 Å².